The molecule has 118 valence electrons. The van der Waals surface area contributed by atoms with Gasteiger partial charge in [0.25, 0.3) is 0 Å². The molecular weight excluding hydrogens is 314 g/mol. The summed E-state index contributed by atoms with van der Waals surface area (Å²) in [7, 11) is 0. The van der Waals surface area contributed by atoms with Gasteiger partial charge < -0.3 is 5.73 Å². The molecule has 0 bridgehead atoms. The third-order valence-corrected chi connectivity index (χ3v) is 5.34. The predicted molar refractivity (Wildman–Crippen MR) is 101 cm³/mol. The molecule has 0 radical (unpaired) electrons. The molecule has 3 aromatic carbocycles. The number of benzene rings is 3. The molecule has 3 aromatic rings. The maximum atomic E-state index is 12.5. The highest BCUT2D eigenvalue weighted by molar-refractivity contribution is 8.00. The van der Waals surface area contributed by atoms with Crippen molar-refractivity contribution in [3.8, 4) is 11.1 Å². The van der Waals surface area contributed by atoms with Crippen molar-refractivity contribution in [3.05, 3.63) is 83.4 Å². The number of ketones is 1. The second-order valence-corrected chi connectivity index (χ2v) is 7.04. The fourth-order valence-electron chi connectivity index (χ4n) is 3.16. The number of nitrogen functional groups attached to an aromatic ring is 1. The molecule has 0 saturated heterocycles. The van der Waals surface area contributed by atoms with Gasteiger partial charge in [0.05, 0.1) is 5.75 Å². The van der Waals surface area contributed by atoms with Crippen LogP contribution in [0.4, 0.5) is 5.69 Å². The molecule has 2 N–H and O–H groups in total. The zero-order valence-electron chi connectivity index (χ0n) is 13.2. The number of carbonyl (C=O) groups is 1. The summed E-state index contributed by atoms with van der Waals surface area (Å²) in [6.45, 7) is 0. The maximum Gasteiger partial charge on any atom is 0.173 e. The quantitative estimate of drug-likeness (QED) is 0.331. The van der Waals surface area contributed by atoms with Gasteiger partial charge in [-0.3, -0.25) is 4.79 Å². The number of hydrogen-bond donors (Lipinski definition) is 1. The average Bonchev–Trinajstić information content (AvgIpc) is 2.97. The van der Waals surface area contributed by atoms with Gasteiger partial charge in [-0.1, -0.05) is 42.5 Å². The minimum Gasteiger partial charge on any atom is -0.399 e. The molecule has 24 heavy (non-hydrogen) atoms. The lowest BCUT2D eigenvalue weighted by Crippen LogP contribution is -2.03. The number of fused-ring (bicyclic) bond motifs is 3. The summed E-state index contributed by atoms with van der Waals surface area (Å²) in [6, 6.07) is 22.2. The van der Waals surface area contributed by atoms with Gasteiger partial charge in [0.15, 0.2) is 5.78 Å². The Morgan fingerprint density at radius 2 is 1.75 bits per heavy atom. The van der Waals surface area contributed by atoms with Crippen molar-refractivity contribution in [2.45, 2.75) is 11.3 Å². The average molecular weight is 331 g/mol. The van der Waals surface area contributed by atoms with E-state index in [0.717, 1.165) is 22.6 Å². The summed E-state index contributed by atoms with van der Waals surface area (Å²) >= 11 is 1.53. The van der Waals surface area contributed by atoms with Gasteiger partial charge in [0.2, 0.25) is 0 Å². The SMILES string of the molecule is Nc1cccc(SCC(=O)c2ccc3c(c2)Cc2ccccc2-3)c1. The highest BCUT2D eigenvalue weighted by Crippen LogP contribution is 2.36. The molecule has 0 fully saturated rings. The molecule has 0 amide bonds. The van der Waals surface area contributed by atoms with Crippen LogP contribution in [0.25, 0.3) is 11.1 Å². The van der Waals surface area contributed by atoms with Crippen LogP contribution in [0.3, 0.4) is 0 Å². The molecule has 0 spiro atoms. The Morgan fingerprint density at radius 3 is 2.62 bits per heavy atom. The molecule has 0 aliphatic heterocycles. The number of thioether (sulfide) groups is 1. The van der Waals surface area contributed by atoms with Crippen molar-refractivity contribution in [2.75, 3.05) is 11.5 Å². The van der Waals surface area contributed by atoms with E-state index in [1.54, 1.807) is 0 Å². The van der Waals surface area contributed by atoms with E-state index in [0.29, 0.717) is 5.75 Å². The zero-order chi connectivity index (χ0) is 16.5. The molecule has 0 heterocycles. The van der Waals surface area contributed by atoms with Crippen molar-refractivity contribution in [1.82, 2.24) is 0 Å². The first kappa shape index (κ1) is 15.0. The van der Waals surface area contributed by atoms with Crippen molar-refractivity contribution in [3.63, 3.8) is 0 Å². The maximum absolute atomic E-state index is 12.5. The lowest BCUT2D eigenvalue weighted by atomic mass is 10.0. The third kappa shape index (κ3) is 2.83. The van der Waals surface area contributed by atoms with Crippen LogP contribution in [-0.2, 0) is 6.42 Å². The predicted octanol–water partition coefficient (Wildman–Crippen LogP) is 4.82. The topological polar surface area (TPSA) is 43.1 Å². The number of rotatable bonds is 4. The Balaban J connectivity index is 1.51. The van der Waals surface area contributed by atoms with Gasteiger partial charge in [-0.2, -0.15) is 0 Å². The lowest BCUT2D eigenvalue weighted by Gasteiger charge is -2.06. The minimum absolute atomic E-state index is 0.154. The minimum atomic E-state index is 0.154. The van der Waals surface area contributed by atoms with Crippen molar-refractivity contribution >= 4 is 23.2 Å². The Labute approximate surface area is 145 Å². The number of carbonyl (C=O) groups excluding carboxylic acids is 1. The molecule has 0 unspecified atom stereocenters. The normalized spacial score (nSPS) is 11.8. The fourth-order valence-corrected chi connectivity index (χ4v) is 4.01. The standard InChI is InChI=1S/C21H17NOS/c22-17-5-3-6-18(12-17)24-13-21(23)15-8-9-20-16(11-15)10-14-4-1-2-7-19(14)20/h1-9,11-12H,10,13,22H2. The first-order valence-electron chi connectivity index (χ1n) is 7.93. The van der Waals surface area contributed by atoms with Gasteiger partial charge in [-0.05, 0) is 52.9 Å². The van der Waals surface area contributed by atoms with Crippen LogP contribution < -0.4 is 5.73 Å². The van der Waals surface area contributed by atoms with E-state index in [1.165, 1.54) is 34.0 Å². The van der Waals surface area contributed by atoms with Gasteiger partial charge >= 0.3 is 0 Å². The molecule has 3 heteroatoms. The third-order valence-electron chi connectivity index (χ3n) is 4.34. The molecular formula is C21H17NOS. The highest BCUT2D eigenvalue weighted by Gasteiger charge is 2.19. The first-order valence-corrected chi connectivity index (χ1v) is 8.92. The molecule has 0 saturated carbocycles. The van der Waals surface area contributed by atoms with Crippen molar-refractivity contribution in [2.24, 2.45) is 0 Å². The summed E-state index contributed by atoms with van der Waals surface area (Å²) in [5.41, 5.74) is 12.4. The summed E-state index contributed by atoms with van der Waals surface area (Å²) < 4.78 is 0. The smallest absolute Gasteiger partial charge is 0.173 e. The van der Waals surface area contributed by atoms with Crippen molar-refractivity contribution < 1.29 is 4.79 Å². The summed E-state index contributed by atoms with van der Waals surface area (Å²) in [5, 5.41) is 0. The van der Waals surface area contributed by atoms with E-state index in [-0.39, 0.29) is 5.78 Å². The van der Waals surface area contributed by atoms with Crippen LogP contribution in [0.15, 0.2) is 71.6 Å². The van der Waals surface area contributed by atoms with Crippen LogP contribution in [0.5, 0.6) is 0 Å². The number of Topliss-reactive ketones (excluding diaryl/α,β-unsaturated/α-hetero) is 1. The summed E-state index contributed by atoms with van der Waals surface area (Å²) in [4.78, 5) is 13.5. The van der Waals surface area contributed by atoms with Crippen LogP contribution in [0.2, 0.25) is 0 Å². The Bertz CT molecular complexity index is 933. The number of nitrogens with two attached hydrogens (primary N) is 1. The van der Waals surface area contributed by atoms with Gasteiger partial charge in [0.1, 0.15) is 0 Å². The van der Waals surface area contributed by atoms with E-state index >= 15 is 0 Å². The molecule has 1 aliphatic rings. The summed E-state index contributed by atoms with van der Waals surface area (Å²) in [5.74, 6) is 0.580. The molecule has 2 nitrogen and oxygen atoms in total. The summed E-state index contributed by atoms with van der Waals surface area (Å²) in [6.07, 6.45) is 0.912. The molecule has 0 atom stereocenters. The fraction of sp³-hybridized carbons (Fsp3) is 0.0952. The zero-order valence-corrected chi connectivity index (χ0v) is 14.0. The van der Waals surface area contributed by atoms with Crippen molar-refractivity contribution in [1.29, 1.82) is 0 Å². The van der Waals surface area contributed by atoms with E-state index in [9.17, 15) is 4.79 Å². The molecule has 1 aliphatic carbocycles. The Hall–Kier alpha value is -2.52. The van der Waals surface area contributed by atoms with Gasteiger partial charge in [-0.15, -0.1) is 11.8 Å². The van der Waals surface area contributed by atoms with Crippen LogP contribution in [-0.4, -0.2) is 11.5 Å². The van der Waals surface area contributed by atoms with E-state index in [4.69, 9.17) is 5.73 Å². The van der Waals surface area contributed by atoms with E-state index < -0.39 is 0 Å². The van der Waals surface area contributed by atoms with Crippen LogP contribution in [0.1, 0.15) is 21.5 Å². The highest BCUT2D eigenvalue weighted by atomic mass is 32.2. The van der Waals surface area contributed by atoms with Crippen LogP contribution in [0, 0.1) is 0 Å². The molecule has 0 aromatic heterocycles. The Morgan fingerprint density at radius 1 is 0.917 bits per heavy atom. The van der Waals surface area contributed by atoms with E-state index in [2.05, 4.69) is 36.4 Å². The monoisotopic (exact) mass is 331 g/mol. The number of anilines is 1. The second-order valence-electron chi connectivity index (χ2n) is 5.99. The number of hydrogen-bond acceptors (Lipinski definition) is 3. The Kier molecular flexibility index (Phi) is 3.87. The first-order chi connectivity index (χ1) is 11.7. The van der Waals surface area contributed by atoms with Crippen LogP contribution >= 0.6 is 11.8 Å². The van der Waals surface area contributed by atoms with Gasteiger partial charge in [-0.25, -0.2) is 0 Å². The largest absolute Gasteiger partial charge is 0.399 e. The molecule has 4 rings (SSSR count). The lowest BCUT2D eigenvalue weighted by molar-refractivity contribution is 0.102. The second kappa shape index (κ2) is 6.17. The van der Waals surface area contributed by atoms with E-state index in [1.807, 2.05) is 30.3 Å². The van der Waals surface area contributed by atoms with Gasteiger partial charge in [0, 0.05) is 16.1 Å².